The van der Waals surface area contributed by atoms with Crippen molar-refractivity contribution in [3.05, 3.63) is 64.7 Å². The average molecular weight is 273 g/mol. The summed E-state index contributed by atoms with van der Waals surface area (Å²) in [7, 11) is 0. The first-order valence-electron chi connectivity index (χ1n) is 5.69. The van der Waals surface area contributed by atoms with Crippen molar-refractivity contribution in [2.75, 3.05) is 0 Å². The van der Waals surface area contributed by atoms with E-state index < -0.39 is 11.6 Å². The normalized spacial score (nSPS) is 9.85. The molecule has 0 saturated carbocycles. The lowest BCUT2D eigenvalue weighted by Crippen LogP contribution is -1.98. The summed E-state index contributed by atoms with van der Waals surface area (Å²) >= 11 is 0. The Morgan fingerprint density at radius 3 is 2.55 bits per heavy atom. The molecule has 0 spiro atoms. The summed E-state index contributed by atoms with van der Waals surface area (Å²) in [4.78, 5) is 10.6. The molecule has 5 heteroatoms. The van der Waals surface area contributed by atoms with E-state index in [1.54, 1.807) is 0 Å². The number of nitriles is 1. The molecule has 100 valence electrons. The molecule has 20 heavy (non-hydrogen) atoms. The van der Waals surface area contributed by atoms with Gasteiger partial charge in [-0.15, -0.1) is 0 Å². The van der Waals surface area contributed by atoms with Crippen molar-refractivity contribution < 1.29 is 18.3 Å². The molecule has 0 amide bonds. The molecule has 0 heterocycles. The minimum absolute atomic E-state index is 0.0335. The zero-order valence-electron chi connectivity index (χ0n) is 10.3. The van der Waals surface area contributed by atoms with Crippen molar-refractivity contribution in [2.24, 2.45) is 0 Å². The Labute approximate surface area is 114 Å². The minimum Gasteiger partial charge on any atom is -0.489 e. The predicted octanol–water partition coefficient (Wildman–Crippen LogP) is 3.23. The van der Waals surface area contributed by atoms with Crippen LogP contribution in [0.1, 0.15) is 21.5 Å². The summed E-state index contributed by atoms with van der Waals surface area (Å²) in [5.74, 6) is -0.980. The summed E-state index contributed by atoms with van der Waals surface area (Å²) in [5, 5.41) is 8.73. The summed E-state index contributed by atoms with van der Waals surface area (Å²) in [5.41, 5.74) is 0.770. The summed E-state index contributed by atoms with van der Waals surface area (Å²) < 4.78 is 31.7. The topological polar surface area (TPSA) is 50.1 Å². The Kier molecular flexibility index (Phi) is 4.06. The van der Waals surface area contributed by atoms with Gasteiger partial charge in [-0.2, -0.15) is 5.26 Å². The molecule has 2 aromatic rings. The largest absolute Gasteiger partial charge is 0.489 e. The van der Waals surface area contributed by atoms with Crippen LogP contribution >= 0.6 is 0 Å². The highest BCUT2D eigenvalue weighted by Gasteiger charge is 2.04. The third-order valence-electron chi connectivity index (χ3n) is 2.52. The van der Waals surface area contributed by atoms with Crippen LogP contribution in [0.2, 0.25) is 0 Å². The molecule has 0 unspecified atom stereocenters. The second-order valence-electron chi connectivity index (χ2n) is 4.09. The first kappa shape index (κ1) is 13.7. The number of benzene rings is 2. The van der Waals surface area contributed by atoms with Gasteiger partial charge in [-0.05, 0) is 35.9 Å². The van der Waals surface area contributed by atoms with Gasteiger partial charge in [-0.3, -0.25) is 4.79 Å². The van der Waals surface area contributed by atoms with Crippen LogP contribution in [0.25, 0.3) is 0 Å². The number of aldehydes is 1. The van der Waals surface area contributed by atoms with E-state index >= 15 is 0 Å². The fraction of sp³-hybridized carbons (Fsp3) is 0.0667. The van der Waals surface area contributed by atoms with Gasteiger partial charge in [0.1, 0.15) is 30.3 Å². The predicted molar refractivity (Wildman–Crippen MR) is 67.2 cm³/mol. The maximum atomic E-state index is 13.2. The first-order valence-corrected chi connectivity index (χ1v) is 5.69. The molecule has 2 aromatic carbocycles. The third kappa shape index (κ3) is 3.39. The van der Waals surface area contributed by atoms with Crippen LogP contribution in [0.15, 0.2) is 36.4 Å². The molecule has 0 saturated heterocycles. The lowest BCUT2D eigenvalue weighted by atomic mass is 10.1. The van der Waals surface area contributed by atoms with Gasteiger partial charge in [-0.25, -0.2) is 8.78 Å². The Hall–Kier alpha value is -2.74. The van der Waals surface area contributed by atoms with Gasteiger partial charge in [0.15, 0.2) is 0 Å². The molecular weight excluding hydrogens is 264 g/mol. The maximum absolute atomic E-state index is 13.2. The molecule has 0 aliphatic rings. The maximum Gasteiger partial charge on any atom is 0.150 e. The number of hydrogen-bond donors (Lipinski definition) is 0. The van der Waals surface area contributed by atoms with Gasteiger partial charge in [0, 0.05) is 11.6 Å². The van der Waals surface area contributed by atoms with Crippen molar-refractivity contribution in [1.29, 1.82) is 5.26 Å². The van der Waals surface area contributed by atoms with Gasteiger partial charge in [0.25, 0.3) is 0 Å². The number of ether oxygens (including phenoxy) is 1. The lowest BCUT2D eigenvalue weighted by molar-refractivity contribution is 0.112. The van der Waals surface area contributed by atoms with Crippen LogP contribution in [0.3, 0.4) is 0 Å². The van der Waals surface area contributed by atoms with Crippen LogP contribution in [0, 0.1) is 23.0 Å². The molecule has 0 atom stereocenters. The van der Waals surface area contributed by atoms with Gasteiger partial charge in [0.2, 0.25) is 0 Å². The summed E-state index contributed by atoms with van der Waals surface area (Å²) in [6.07, 6.45) is 0.506. The molecule has 3 nitrogen and oxygen atoms in total. The summed E-state index contributed by atoms with van der Waals surface area (Å²) in [6.45, 7) is -0.0335. The standard InChI is InChI=1S/C15H9F2NO2/c16-13-2-10(7-18)1-12(4-13)9-20-15-5-11(8-19)3-14(17)6-15/h1-6,8H,9H2. The van der Waals surface area contributed by atoms with Crippen LogP contribution < -0.4 is 4.74 Å². The van der Waals surface area contributed by atoms with E-state index in [-0.39, 0.29) is 23.5 Å². The first-order chi connectivity index (χ1) is 9.60. The second kappa shape index (κ2) is 5.93. The molecule has 0 radical (unpaired) electrons. The van der Waals surface area contributed by atoms with Crippen LogP contribution in [-0.2, 0) is 6.61 Å². The average Bonchev–Trinajstić information content (AvgIpc) is 2.44. The molecule has 0 aliphatic carbocycles. The van der Waals surface area contributed by atoms with Crippen LogP contribution in [0.5, 0.6) is 5.75 Å². The number of nitrogens with zero attached hydrogens (tertiary/aromatic N) is 1. The smallest absolute Gasteiger partial charge is 0.150 e. The lowest BCUT2D eigenvalue weighted by Gasteiger charge is -2.07. The van der Waals surface area contributed by atoms with E-state index in [4.69, 9.17) is 10.00 Å². The van der Waals surface area contributed by atoms with E-state index in [1.165, 1.54) is 18.2 Å². The second-order valence-corrected chi connectivity index (χ2v) is 4.09. The van der Waals surface area contributed by atoms with Crippen molar-refractivity contribution in [3.8, 4) is 11.8 Å². The zero-order chi connectivity index (χ0) is 14.5. The number of carbonyl (C=O) groups excluding carboxylic acids is 1. The Balaban J connectivity index is 2.16. The third-order valence-corrected chi connectivity index (χ3v) is 2.52. The number of carbonyl (C=O) groups is 1. The summed E-state index contributed by atoms with van der Waals surface area (Å²) in [6, 6.07) is 9.21. The van der Waals surface area contributed by atoms with Crippen molar-refractivity contribution >= 4 is 6.29 Å². The number of halogens is 2. The number of rotatable bonds is 4. The van der Waals surface area contributed by atoms with Crippen LogP contribution in [0.4, 0.5) is 8.78 Å². The Morgan fingerprint density at radius 2 is 1.85 bits per heavy atom. The van der Waals surface area contributed by atoms with E-state index in [1.807, 2.05) is 6.07 Å². The Morgan fingerprint density at radius 1 is 1.10 bits per heavy atom. The van der Waals surface area contributed by atoms with E-state index in [0.29, 0.717) is 11.8 Å². The zero-order valence-corrected chi connectivity index (χ0v) is 10.3. The van der Waals surface area contributed by atoms with E-state index in [0.717, 1.165) is 18.2 Å². The molecule has 0 bridgehead atoms. The highest BCUT2D eigenvalue weighted by molar-refractivity contribution is 5.75. The SMILES string of the molecule is N#Cc1cc(F)cc(COc2cc(F)cc(C=O)c2)c1. The minimum atomic E-state index is -0.596. The highest BCUT2D eigenvalue weighted by atomic mass is 19.1. The molecule has 2 rings (SSSR count). The molecular formula is C15H9F2NO2. The van der Waals surface area contributed by atoms with Gasteiger partial charge >= 0.3 is 0 Å². The molecule has 0 fully saturated rings. The molecule has 0 aromatic heterocycles. The Bertz CT molecular complexity index is 693. The van der Waals surface area contributed by atoms with E-state index in [2.05, 4.69) is 0 Å². The monoisotopic (exact) mass is 273 g/mol. The quantitative estimate of drug-likeness (QED) is 0.803. The fourth-order valence-corrected chi connectivity index (χ4v) is 1.70. The van der Waals surface area contributed by atoms with Gasteiger partial charge in [-0.1, -0.05) is 0 Å². The van der Waals surface area contributed by atoms with Crippen molar-refractivity contribution in [1.82, 2.24) is 0 Å². The van der Waals surface area contributed by atoms with Crippen LogP contribution in [-0.4, -0.2) is 6.29 Å². The van der Waals surface area contributed by atoms with Crippen molar-refractivity contribution in [3.63, 3.8) is 0 Å². The molecule has 0 aliphatic heterocycles. The number of hydrogen-bond acceptors (Lipinski definition) is 3. The van der Waals surface area contributed by atoms with Gasteiger partial charge in [0.05, 0.1) is 11.6 Å². The highest BCUT2D eigenvalue weighted by Crippen LogP contribution is 2.18. The van der Waals surface area contributed by atoms with E-state index in [9.17, 15) is 13.6 Å². The van der Waals surface area contributed by atoms with Crippen molar-refractivity contribution in [2.45, 2.75) is 6.61 Å². The van der Waals surface area contributed by atoms with Gasteiger partial charge < -0.3 is 4.74 Å². The molecule has 0 N–H and O–H groups in total. The fourth-order valence-electron chi connectivity index (χ4n) is 1.70.